The van der Waals surface area contributed by atoms with Crippen LogP contribution >= 0.6 is 0 Å². The molecule has 3 heteroatoms. The van der Waals surface area contributed by atoms with Crippen molar-refractivity contribution in [1.29, 1.82) is 0 Å². The van der Waals surface area contributed by atoms with Crippen molar-refractivity contribution in [1.82, 2.24) is 4.90 Å². The largest absolute Gasteiger partial charge is 0.383 e. The van der Waals surface area contributed by atoms with Crippen molar-refractivity contribution in [3.63, 3.8) is 0 Å². The third-order valence-electron chi connectivity index (χ3n) is 4.30. The fourth-order valence-electron chi connectivity index (χ4n) is 3.27. The van der Waals surface area contributed by atoms with E-state index in [-0.39, 0.29) is 0 Å². The molecule has 1 aliphatic rings. The first kappa shape index (κ1) is 14.5. The van der Waals surface area contributed by atoms with Gasteiger partial charge in [-0.05, 0) is 17.9 Å². The summed E-state index contributed by atoms with van der Waals surface area (Å²) in [5.41, 5.74) is 7.72. The standard InChI is InChI=1S/C16H26N2O/c1-3-14-15(17)12-18(9-10-19-2)16(14)11-13-7-5-4-6-8-13/h4-8,14-16H,3,9-12,17H2,1-2H3/t14-,15+,16-/m0/s1. The Bertz CT molecular complexity index is 368. The van der Waals surface area contributed by atoms with Gasteiger partial charge in [0, 0.05) is 32.3 Å². The second-order valence-corrected chi connectivity index (χ2v) is 5.48. The zero-order valence-electron chi connectivity index (χ0n) is 12.1. The lowest BCUT2D eigenvalue weighted by atomic mass is 9.90. The average molecular weight is 262 g/mol. The Morgan fingerprint density at radius 3 is 2.68 bits per heavy atom. The van der Waals surface area contributed by atoms with Crippen molar-refractivity contribution >= 4 is 0 Å². The van der Waals surface area contributed by atoms with Crippen molar-refractivity contribution < 1.29 is 4.74 Å². The molecule has 0 aliphatic carbocycles. The van der Waals surface area contributed by atoms with Gasteiger partial charge in [-0.1, -0.05) is 43.7 Å². The molecule has 19 heavy (non-hydrogen) atoms. The van der Waals surface area contributed by atoms with Gasteiger partial charge < -0.3 is 10.5 Å². The van der Waals surface area contributed by atoms with Gasteiger partial charge in [-0.3, -0.25) is 4.90 Å². The molecule has 106 valence electrons. The second kappa shape index (κ2) is 7.04. The number of hydrogen-bond donors (Lipinski definition) is 1. The molecule has 1 aromatic rings. The zero-order valence-corrected chi connectivity index (χ0v) is 12.1. The van der Waals surface area contributed by atoms with Gasteiger partial charge in [0.15, 0.2) is 0 Å². The zero-order chi connectivity index (χ0) is 13.7. The normalized spacial score (nSPS) is 27.8. The van der Waals surface area contributed by atoms with Crippen LogP contribution in [-0.4, -0.2) is 43.8 Å². The summed E-state index contributed by atoms with van der Waals surface area (Å²) in [5.74, 6) is 0.595. The lowest BCUT2D eigenvalue weighted by Gasteiger charge is -2.27. The van der Waals surface area contributed by atoms with Crippen LogP contribution in [0.25, 0.3) is 0 Å². The lowest BCUT2D eigenvalue weighted by Crippen LogP contribution is -2.36. The van der Waals surface area contributed by atoms with E-state index in [1.165, 1.54) is 5.56 Å². The van der Waals surface area contributed by atoms with E-state index >= 15 is 0 Å². The molecule has 1 fully saturated rings. The average Bonchev–Trinajstić information content (AvgIpc) is 2.73. The maximum absolute atomic E-state index is 6.31. The maximum atomic E-state index is 6.31. The van der Waals surface area contributed by atoms with Gasteiger partial charge in [-0.2, -0.15) is 0 Å². The molecule has 0 unspecified atom stereocenters. The summed E-state index contributed by atoms with van der Waals surface area (Å²) in [5, 5.41) is 0. The Balaban J connectivity index is 2.07. The summed E-state index contributed by atoms with van der Waals surface area (Å²) < 4.78 is 5.22. The predicted molar refractivity (Wildman–Crippen MR) is 79.1 cm³/mol. The van der Waals surface area contributed by atoms with E-state index in [4.69, 9.17) is 10.5 Å². The Labute approximate surface area is 116 Å². The number of likely N-dealkylation sites (tertiary alicyclic amines) is 1. The van der Waals surface area contributed by atoms with Crippen LogP contribution in [-0.2, 0) is 11.2 Å². The SMILES string of the molecule is CC[C@H]1[C@H](N)CN(CCOC)[C@H]1Cc1ccccc1. The summed E-state index contributed by atoms with van der Waals surface area (Å²) in [7, 11) is 1.76. The van der Waals surface area contributed by atoms with Crippen LogP contribution in [0.4, 0.5) is 0 Å². The van der Waals surface area contributed by atoms with Gasteiger partial charge >= 0.3 is 0 Å². The van der Waals surface area contributed by atoms with E-state index in [1.54, 1.807) is 7.11 Å². The van der Waals surface area contributed by atoms with Crippen molar-refractivity contribution in [3.05, 3.63) is 35.9 Å². The van der Waals surface area contributed by atoms with Crippen molar-refractivity contribution in [3.8, 4) is 0 Å². The van der Waals surface area contributed by atoms with E-state index in [2.05, 4.69) is 42.2 Å². The van der Waals surface area contributed by atoms with E-state index in [9.17, 15) is 0 Å². The highest BCUT2D eigenvalue weighted by atomic mass is 16.5. The molecule has 3 atom stereocenters. The van der Waals surface area contributed by atoms with E-state index in [0.29, 0.717) is 18.0 Å². The highest BCUT2D eigenvalue weighted by molar-refractivity contribution is 5.17. The molecule has 0 amide bonds. The third-order valence-corrected chi connectivity index (χ3v) is 4.30. The highest BCUT2D eigenvalue weighted by Gasteiger charge is 2.38. The van der Waals surface area contributed by atoms with Crippen LogP contribution in [0.15, 0.2) is 30.3 Å². The fourth-order valence-corrected chi connectivity index (χ4v) is 3.27. The number of benzene rings is 1. The Hall–Kier alpha value is -0.900. The number of hydrogen-bond acceptors (Lipinski definition) is 3. The third kappa shape index (κ3) is 3.56. The molecule has 1 aliphatic heterocycles. The van der Waals surface area contributed by atoms with Gasteiger partial charge in [0.2, 0.25) is 0 Å². The van der Waals surface area contributed by atoms with Crippen LogP contribution in [0.1, 0.15) is 18.9 Å². The first-order valence-corrected chi connectivity index (χ1v) is 7.28. The van der Waals surface area contributed by atoms with Crippen LogP contribution < -0.4 is 5.73 Å². The molecule has 3 nitrogen and oxygen atoms in total. The number of nitrogens with zero attached hydrogens (tertiary/aromatic N) is 1. The minimum Gasteiger partial charge on any atom is -0.383 e. The monoisotopic (exact) mass is 262 g/mol. The van der Waals surface area contributed by atoms with Gasteiger partial charge in [0.1, 0.15) is 0 Å². The topological polar surface area (TPSA) is 38.5 Å². The van der Waals surface area contributed by atoms with Crippen molar-refractivity contribution in [2.24, 2.45) is 11.7 Å². The van der Waals surface area contributed by atoms with Gasteiger partial charge in [0.25, 0.3) is 0 Å². The van der Waals surface area contributed by atoms with Crippen LogP contribution in [0.5, 0.6) is 0 Å². The summed E-state index contributed by atoms with van der Waals surface area (Å²) in [6, 6.07) is 11.6. The fraction of sp³-hybridized carbons (Fsp3) is 0.625. The summed E-state index contributed by atoms with van der Waals surface area (Å²) in [6.07, 6.45) is 2.25. The molecular formula is C16H26N2O. The number of nitrogens with two attached hydrogens (primary N) is 1. The molecule has 0 aromatic heterocycles. The molecule has 0 bridgehead atoms. The Morgan fingerprint density at radius 2 is 2.05 bits per heavy atom. The summed E-state index contributed by atoms with van der Waals surface area (Å²) in [4.78, 5) is 2.51. The molecule has 0 spiro atoms. The molecule has 2 N–H and O–H groups in total. The molecule has 2 rings (SSSR count). The van der Waals surface area contributed by atoms with Crippen LogP contribution in [0.2, 0.25) is 0 Å². The van der Waals surface area contributed by atoms with E-state index < -0.39 is 0 Å². The molecule has 0 radical (unpaired) electrons. The Kier molecular flexibility index (Phi) is 5.37. The Morgan fingerprint density at radius 1 is 1.32 bits per heavy atom. The summed E-state index contributed by atoms with van der Waals surface area (Å²) >= 11 is 0. The van der Waals surface area contributed by atoms with Gasteiger partial charge in [0.05, 0.1) is 6.61 Å². The quantitative estimate of drug-likeness (QED) is 0.851. The van der Waals surface area contributed by atoms with Crippen LogP contribution in [0.3, 0.4) is 0 Å². The lowest BCUT2D eigenvalue weighted by molar-refractivity contribution is 0.132. The number of methoxy groups -OCH3 is 1. The van der Waals surface area contributed by atoms with Crippen molar-refractivity contribution in [2.45, 2.75) is 31.8 Å². The molecular weight excluding hydrogens is 236 g/mol. The minimum absolute atomic E-state index is 0.301. The minimum atomic E-state index is 0.301. The van der Waals surface area contributed by atoms with E-state index in [0.717, 1.165) is 32.5 Å². The first-order chi connectivity index (χ1) is 9.26. The van der Waals surface area contributed by atoms with Crippen molar-refractivity contribution in [2.75, 3.05) is 26.8 Å². The molecule has 1 saturated heterocycles. The van der Waals surface area contributed by atoms with Gasteiger partial charge in [-0.15, -0.1) is 0 Å². The highest BCUT2D eigenvalue weighted by Crippen LogP contribution is 2.28. The van der Waals surface area contributed by atoms with Gasteiger partial charge in [-0.25, -0.2) is 0 Å². The molecule has 0 saturated carbocycles. The second-order valence-electron chi connectivity index (χ2n) is 5.48. The van der Waals surface area contributed by atoms with E-state index in [1.807, 2.05) is 0 Å². The smallest absolute Gasteiger partial charge is 0.0589 e. The summed E-state index contributed by atoms with van der Waals surface area (Å²) in [6.45, 7) is 5.02. The molecule has 1 aromatic carbocycles. The number of rotatable bonds is 6. The number of ether oxygens (including phenoxy) is 1. The maximum Gasteiger partial charge on any atom is 0.0589 e. The predicted octanol–water partition coefficient (Wildman–Crippen LogP) is 1.91. The molecule has 1 heterocycles. The van der Waals surface area contributed by atoms with Crippen LogP contribution in [0, 0.1) is 5.92 Å². The first-order valence-electron chi connectivity index (χ1n) is 7.28.